The Morgan fingerprint density at radius 3 is 2.50 bits per heavy atom. The molecule has 1 heterocycles. The quantitative estimate of drug-likeness (QED) is 0.786. The van der Waals surface area contributed by atoms with Gasteiger partial charge in [-0.05, 0) is 18.2 Å². The molecule has 2 rings (SSSR count). The van der Waals surface area contributed by atoms with Gasteiger partial charge in [-0.1, -0.05) is 0 Å². The van der Waals surface area contributed by atoms with Gasteiger partial charge in [-0.15, -0.1) is 0 Å². The van der Waals surface area contributed by atoms with Crippen LogP contribution in [0.3, 0.4) is 0 Å². The summed E-state index contributed by atoms with van der Waals surface area (Å²) in [5.41, 5.74) is 4.15. The molecule has 0 saturated carbocycles. The van der Waals surface area contributed by atoms with Crippen molar-refractivity contribution in [2.45, 2.75) is 18.6 Å². The highest BCUT2D eigenvalue weighted by atomic mass is 19.4. The first-order chi connectivity index (χ1) is 8.29. The molecule has 1 aromatic rings. The van der Waals surface area contributed by atoms with Crippen LogP contribution < -0.4 is 10.6 Å². The van der Waals surface area contributed by atoms with Gasteiger partial charge in [-0.3, -0.25) is 4.79 Å². The third kappa shape index (κ3) is 2.31. The Hall–Kier alpha value is -1.63. The number of halogens is 4. The molecule has 7 heteroatoms. The predicted molar refractivity (Wildman–Crippen MR) is 56.3 cm³/mol. The fourth-order valence-corrected chi connectivity index (χ4v) is 1.86. The standard InChI is InChI=1S/C11H10F4N2O/c12-8-2-1-6(11(13,14)15)3-9(8)17-5-7(16)4-10(17)18/h1-3,7H,4-5,16H2. The number of carbonyl (C=O) groups is 1. The van der Waals surface area contributed by atoms with Crippen molar-refractivity contribution in [2.24, 2.45) is 5.73 Å². The van der Waals surface area contributed by atoms with Crippen molar-refractivity contribution >= 4 is 11.6 Å². The Morgan fingerprint density at radius 2 is 2.00 bits per heavy atom. The maximum atomic E-state index is 13.5. The number of benzene rings is 1. The fourth-order valence-electron chi connectivity index (χ4n) is 1.86. The zero-order valence-electron chi connectivity index (χ0n) is 9.17. The number of nitrogens with zero attached hydrogens (tertiary/aromatic N) is 1. The second-order valence-electron chi connectivity index (χ2n) is 4.13. The molecule has 98 valence electrons. The minimum atomic E-state index is -4.58. The van der Waals surface area contributed by atoms with Gasteiger partial charge >= 0.3 is 6.18 Å². The molecule has 1 fully saturated rings. The topological polar surface area (TPSA) is 46.3 Å². The van der Waals surface area contributed by atoms with Crippen LogP contribution >= 0.6 is 0 Å². The summed E-state index contributed by atoms with van der Waals surface area (Å²) in [5, 5.41) is 0. The van der Waals surface area contributed by atoms with E-state index in [1.54, 1.807) is 0 Å². The molecule has 1 aromatic carbocycles. The SMILES string of the molecule is NC1CC(=O)N(c2cc(C(F)(F)F)ccc2F)C1. The lowest BCUT2D eigenvalue weighted by molar-refractivity contribution is -0.137. The molecule has 18 heavy (non-hydrogen) atoms. The van der Waals surface area contributed by atoms with Crippen LogP contribution in [-0.2, 0) is 11.0 Å². The van der Waals surface area contributed by atoms with E-state index in [1.807, 2.05) is 0 Å². The molecule has 0 bridgehead atoms. The van der Waals surface area contributed by atoms with Gasteiger partial charge in [0, 0.05) is 19.0 Å². The molecule has 1 aliphatic rings. The summed E-state index contributed by atoms with van der Waals surface area (Å²) in [6.07, 6.45) is -4.57. The Morgan fingerprint density at radius 1 is 1.33 bits per heavy atom. The highest BCUT2D eigenvalue weighted by Crippen LogP contribution is 2.34. The first-order valence-corrected chi connectivity index (χ1v) is 5.21. The monoisotopic (exact) mass is 262 g/mol. The van der Waals surface area contributed by atoms with Crippen molar-refractivity contribution in [3.8, 4) is 0 Å². The number of hydrogen-bond donors (Lipinski definition) is 1. The second kappa shape index (κ2) is 4.24. The van der Waals surface area contributed by atoms with Crippen LogP contribution in [0.5, 0.6) is 0 Å². The smallest absolute Gasteiger partial charge is 0.326 e. The Bertz CT molecular complexity index is 486. The van der Waals surface area contributed by atoms with Gasteiger partial charge in [0.1, 0.15) is 5.82 Å². The summed E-state index contributed by atoms with van der Waals surface area (Å²) >= 11 is 0. The first-order valence-electron chi connectivity index (χ1n) is 5.21. The number of anilines is 1. The number of nitrogens with two attached hydrogens (primary N) is 1. The van der Waals surface area contributed by atoms with Crippen molar-refractivity contribution in [2.75, 3.05) is 11.4 Å². The van der Waals surface area contributed by atoms with Gasteiger partial charge in [0.2, 0.25) is 5.91 Å². The van der Waals surface area contributed by atoms with E-state index in [4.69, 9.17) is 5.73 Å². The summed E-state index contributed by atoms with van der Waals surface area (Å²) in [7, 11) is 0. The highest BCUT2D eigenvalue weighted by Gasteiger charge is 2.34. The summed E-state index contributed by atoms with van der Waals surface area (Å²) < 4.78 is 51.0. The molecule has 2 N–H and O–H groups in total. The molecule has 3 nitrogen and oxygen atoms in total. The van der Waals surface area contributed by atoms with Gasteiger partial charge in [0.15, 0.2) is 0 Å². The van der Waals surface area contributed by atoms with Crippen LogP contribution in [0.15, 0.2) is 18.2 Å². The molecule has 0 spiro atoms. The molecule has 0 aliphatic carbocycles. The van der Waals surface area contributed by atoms with Crippen molar-refractivity contribution in [1.29, 1.82) is 0 Å². The summed E-state index contributed by atoms with van der Waals surface area (Å²) in [4.78, 5) is 12.4. The Kier molecular flexibility index (Phi) is 3.02. The number of hydrogen-bond acceptors (Lipinski definition) is 2. The molecule has 1 atom stereocenters. The van der Waals surface area contributed by atoms with Gasteiger partial charge < -0.3 is 10.6 Å². The largest absolute Gasteiger partial charge is 0.416 e. The summed E-state index contributed by atoms with van der Waals surface area (Å²) in [6, 6.07) is 1.49. The van der Waals surface area contributed by atoms with E-state index in [-0.39, 0.29) is 18.7 Å². The fraction of sp³-hybridized carbons (Fsp3) is 0.364. The molecule has 1 amide bonds. The molecule has 1 aliphatic heterocycles. The lowest BCUT2D eigenvalue weighted by atomic mass is 10.1. The van der Waals surface area contributed by atoms with Crippen molar-refractivity contribution in [3.63, 3.8) is 0 Å². The van der Waals surface area contributed by atoms with E-state index in [1.165, 1.54) is 0 Å². The van der Waals surface area contributed by atoms with Crippen LogP contribution in [0.25, 0.3) is 0 Å². The van der Waals surface area contributed by atoms with E-state index < -0.39 is 29.5 Å². The second-order valence-corrected chi connectivity index (χ2v) is 4.13. The number of alkyl halides is 3. The zero-order chi connectivity index (χ0) is 13.5. The van der Waals surface area contributed by atoms with Crippen LogP contribution in [0.4, 0.5) is 23.2 Å². The van der Waals surface area contributed by atoms with Crippen molar-refractivity contribution in [3.05, 3.63) is 29.6 Å². The maximum Gasteiger partial charge on any atom is 0.416 e. The predicted octanol–water partition coefficient (Wildman–Crippen LogP) is 1.91. The molecule has 1 saturated heterocycles. The van der Waals surface area contributed by atoms with Crippen LogP contribution in [0.2, 0.25) is 0 Å². The minimum Gasteiger partial charge on any atom is -0.326 e. The molecule has 0 radical (unpaired) electrons. The number of rotatable bonds is 1. The van der Waals surface area contributed by atoms with Gasteiger partial charge in [0.05, 0.1) is 11.3 Å². The molecule has 1 unspecified atom stereocenters. The molecular weight excluding hydrogens is 252 g/mol. The van der Waals surface area contributed by atoms with Crippen molar-refractivity contribution < 1.29 is 22.4 Å². The summed E-state index contributed by atoms with van der Waals surface area (Å²) in [6.45, 7) is 0.0249. The number of amides is 1. The van der Waals surface area contributed by atoms with E-state index in [9.17, 15) is 22.4 Å². The van der Waals surface area contributed by atoms with E-state index >= 15 is 0 Å². The number of carbonyl (C=O) groups excluding carboxylic acids is 1. The lowest BCUT2D eigenvalue weighted by Gasteiger charge is -2.18. The maximum absolute atomic E-state index is 13.5. The van der Waals surface area contributed by atoms with Gasteiger partial charge in [-0.2, -0.15) is 13.2 Å². The van der Waals surface area contributed by atoms with Gasteiger partial charge in [0.25, 0.3) is 0 Å². The van der Waals surface area contributed by atoms with E-state index in [0.717, 1.165) is 4.90 Å². The normalized spacial score (nSPS) is 20.6. The zero-order valence-corrected chi connectivity index (χ0v) is 9.17. The highest BCUT2D eigenvalue weighted by molar-refractivity contribution is 5.96. The summed E-state index contributed by atoms with van der Waals surface area (Å²) in [5.74, 6) is -1.34. The van der Waals surface area contributed by atoms with Crippen LogP contribution in [0.1, 0.15) is 12.0 Å². The van der Waals surface area contributed by atoms with Crippen LogP contribution in [0, 0.1) is 5.82 Å². The van der Waals surface area contributed by atoms with Crippen LogP contribution in [-0.4, -0.2) is 18.5 Å². The molecular formula is C11H10F4N2O. The lowest BCUT2D eigenvalue weighted by Crippen LogP contribution is -2.29. The average Bonchev–Trinajstić information content (AvgIpc) is 2.56. The Labute approximate surface area is 100 Å². The van der Waals surface area contributed by atoms with E-state index in [2.05, 4.69) is 0 Å². The average molecular weight is 262 g/mol. The first kappa shape index (κ1) is 12.8. The van der Waals surface area contributed by atoms with E-state index in [0.29, 0.717) is 18.2 Å². The van der Waals surface area contributed by atoms with Gasteiger partial charge in [-0.25, -0.2) is 4.39 Å². The third-order valence-electron chi connectivity index (χ3n) is 2.72. The van der Waals surface area contributed by atoms with Crippen molar-refractivity contribution in [1.82, 2.24) is 0 Å². The third-order valence-corrected chi connectivity index (χ3v) is 2.72. The minimum absolute atomic E-state index is 0.00961. The Balaban J connectivity index is 2.41. The molecule has 0 aromatic heterocycles.